The van der Waals surface area contributed by atoms with Crippen molar-refractivity contribution >= 4 is 11.6 Å². The van der Waals surface area contributed by atoms with Crippen molar-refractivity contribution < 1.29 is 9.72 Å². The molecule has 1 heterocycles. The van der Waals surface area contributed by atoms with E-state index in [-0.39, 0.29) is 11.4 Å². The Morgan fingerprint density at radius 3 is 2.12 bits per heavy atom. The second-order valence-corrected chi connectivity index (χ2v) is 6.45. The standard InChI is InChI=1S/C18H32N4O3/c1-3-5-6-7-8-9-10-11-12-13-14-19-18(23)16-17(22(24)25)15(4-2)20-21-16/h3-14H2,1-2H3,(H,19,23)(H,20,21). The topological polar surface area (TPSA) is 101 Å². The van der Waals surface area contributed by atoms with Gasteiger partial charge in [0.2, 0.25) is 5.69 Å². The molecule has 1 amide bonds. The van der Waals surface area contributed by atoms with Crippen LogP contribution >= 0.6 is 0 Å². The zero-order valence-corrected chi connectivity index (χ0v) is 15.6. The Balaban J connectivity index is 2.15. The molecule has 1 aromatic heterocycles. The van der Waals surface area contributed by atoms with Crippen molar-refractivity contribution in [1.82, 2.24) is 15.5 Å². The number of hydrogen-bond donors (Lipinski definition) is 2. The first-order valence-corrected chi connectivity index (χ1v) is 9.61. The summed E-state index contributed by atoms with van der Waals surface area (Å²) in [6, 6.07) is 0. The average molecular weight is 352 g/mol. The van der Waals surface area contributed by atoms with Gasteiger partial charge in [0.1, 0.15) is 5.69 Å². The van der Waals surface area contributed by atoms with Crippen molar-refractivity contribution in [3.63, 3.8) is 0 Å². The maximum absolute atomic E-state index is 12.1. The van der Waals surface area contributed by atoms with Gasteiger partial charge in [0.15, 0.2) is 0 Å². The molecule has 0 saturated heterocycles. The number of aryl methyl sites for hydroxylation is 1. The fourth-order valence-corrected chi connectivity index (χ4v) is 2.87. The predicted molar refractivity (Wildman–Crippen MR) is 98.8 cm³/mol. The number of hydrogen-bond acceptors (Lipinski definition) is 4. The fourth-order valence-electron chi connectivity index (χ4n) is 2.87. The molecular weight excluding hydrogens is 320 g/mol. The van der Waals surface area contributed by atoms with Gasteiger partial charge in [0.25, 0.3) is 5.91 Å². The van der Waals surface area contributed by atoms with Gasteiger partial charge in [-0.25, -0.2) is 0 Å². The first-order chi connectivity index (χ1) is 12.1. The van der Waals surface area contributed by atoms with Crippen LogP contribution in [0.3, 0.4) is 0 Å². The number of aromatic nitrogens is 2. The number of unbranched alkanes of at least 4 members (excludes halogenated alkanes) is 9. The molecule has 2 N–H and O–H groups in total. The minimum atomic E-state index is -0.544. The first-order valence-electron chi connectivity index (χ1n) is 9.61. The Labute approximate surface area is 150 Å². The van der Waals surface area contributed by atoms with Crippen LogP contribution in [0.5, 0.6) is 0 Å². The molecule has 7 heteroatoms. The quantitative estimate of drug-likeness (QED) is 0.292. The van der Waals surface area contributed by atoms with Crippen LogP contribution in [0.4, 0.5) is 5.69 Å². The number of rotatable bonds is 14. The number of nitro groups is 1. The van der Waals surface area contributed by atoms with Gasteiger partial charge >= 0.3 is 5.69 Å². The molecule has 0 aromatic carbocycles. The molecule has 0 aliphatic heterocycles. The van der Waals surface area contributed by atoms with Gasteiger partial charge in [-0.15, -0.1) is 0 Å². The number of carbonyl (C=O) groups is 1. The van der Waals surface area contributed by atoms with E-state index in [0.717, 1.165) is 12.8 Å². The van der Waals surface area contributed by atoms with E-state index in [1.54, 1.807) is 6.92 Å². The number of H-pyrrole nitrogens is 1. The Kier molecular flexibility index (Phi) is 10.5. The molecule has 0 atom stereocenters. The van der Waals surface area contributed by atoms with E-state index in [1.165, 1.54) is 51.4 Å². The highest BCUT2D eigenvalue weighted by Crippen LogP contribution is 2.21. The van der Waals surface area contributed by atoms with Gasteiger partial charge in [-0.1, -0.05) is 71.6 Å². The third-order valence-corrected chi connectivity index (χ3v) is 4.38. The van der Waals surface area contributed by atoms with Crippen LogP contribution < -0.4 is 5.32 Å². The maximum Gasteiger partial charge on any atom is 0.322 e. The monoisotopic (exact) mass is 352 g/mol. The minimum absolute atomic E-state index is 0.117. The van der Waals surface area contributed by atoms with Crippen LogP contribution in [0.1, 0.15) is 94.2 Å². The van der Waals surface area contributed by atoms with Gasteiger partial charge in [0, 0.05) is 6.54 Å². The van der Waals surface area contributed by atoms with Gasteiger partial charge in [-0.05, 0) is 12.8 Å². The maximum atomic E-state index is 12.1. The van der Waals surface area contributed by atoms with E-state index in [9.17, 15) is 14.9 Å². The highest BCUT2D eigenvalue weighted by molar-refractivity contribution is 5.96. The Morgan fingerprint density at radius 2 is 1.60 bits per heavy atom. The number of nitrogens with one attached hydrogen (secondary N) is 2. The van der Waals surface area contributed by atoms with E-state index in [2.05, 4.69) is 22.4 Å². The molecule has 0 bridgehead atoms. The fraction of sp³-hybridized carbons (Fsp3) is 0.778. The normalized spacial score (nSPS) is 10.8. The van der Waals surface area contributed by atoms with Gasteiger partial charge in [-0.2, -0.15) is 5.10 Å². The van der Waals surface area contributed by atoms with E-state index in [4.69, 9.17) is 0 Å². The van der Waals surface area contributed by atoms with Crippen LogP contribution in [-0.2, 0) is 6.42 Å². The summed E-state index contributed by atoms with van der Waals surface area (Å²) in [4.78, 5) is 22.6. The molecule has 142 valence electrons. The number of amides is 1. The summed E-state index contributed by atoms with van der Waals surface area (Å²) in [5.41, 5.74) is 0.0612. The van der Waals surface area contributed by atoms with E-state index >= 15 is 0 Å². The Hall–Kier alpha value is -1.92. The van der Waals surface area contributed by atoms with Crippen LogP contribution in [-0.4, -0.2) is 27.6 Å². The van der Waals surface area contributed by atoms with Crippen molar-refractivity contribution in [1.29, 1.82) is 0 Å². The molecule has 0 radical (unpaired) electrons. The smallest absolute Gasteiger partial charge is 0.322 e. The first kappa shape index (κ1) is 21.1. The van der Waals surface area contributed by atoms with Crippen molar-refractivity contribution in [2.75, 3.05) is 6.54 Å². The van der Waals surface area contributed by atoms with Crippen molar-refractivity contribution in [2.45, 2.75) is 84.5 Å². The van der Waals surface area contributed by atoms with E-state index in [0.29, 0.717) is 18.7 Å². The molecule has 7 nitrogen and oxygen atoms in total. The molecule has 0 aliphatic carbocycles. The largest absolute Gasteiger partial charge is 0.350 e. The average Bonchev–Trinajstić information content (AvgIpc) is 3.04. The molecule has 1 rings (SSSR count). The summed E-state index contributed by atoms with van der Waals surface area (Å²) < 4.78 is 0. The molecule has 0 saturated carbocycles. The zero-order valence-electron chi connectivity index (χ0n) is 15.6. The van der Waals surface area contributed by atoms with Gasteiger partial charge < -0.3 is 5.32 Å². The van der Waals surface area contributed by atoms with Crippen LogP contribution in [0.2, 0.25) is 0 Å². The summed E-state index contributed by atoms with van der Waals surface area (Å²) in [6.45, 7) is 4.54. The van der Waals surface area contributed by atoms with Crippen LogP contribution in [0.25, 0.3) is 0 Å². The van der Waals surface area contributed by atoms with E-state index < -0.39 is 10.8 Å². The summed E-state index contributed by atoms with van der Waals surface area (Å²) in [5.74, 6) is -0.474. The lowest BCUT2D eigenvalue weighted by Crippen LogP contribution is -2.25. The summed E-state index contributed by atoms with van der Waals surface area (Å²) in [6.07, 6.45) is 12.7. The highest BCUT2D eigenvalue weighted by atomic mass is 16.6. The number of aromatic amines is 1. The second kappa shape index (κ2) is 12.4. The summed E-state index contributed by atoms with van der Waals surface area (Å²) in [5, 5.41) is 20.2. The van der Waals surface area contributed by atoms with Crippen molar-refractivity contribution in [3.05, 3.63) is 21.5 Å². The summed E-state index contributed by atoms with van der Waals surface area (Å²) in [7, 11) is 0. The third-order valence-electron chi connectivity index (χ3n) is 4.38. The SMILES string of the molecule is CCCCCCCCCCCCNC(=O)c1n[nH]c(CC)c1[N+](=O)[O-]. The zero-order chi connectivity index (χ0) is 18.5. The lowest BCUT2D eigenvalue weighted by Gasteiger charge is -2.04. The number of carbonyl (C=O) groups excluding carboxylic acids is 1. The predicted octanol–water partition coefficient (Wildman–Crippen LogP) is 4.53. The number of nitrogens with zero attached hydrogens (tertiary/aromatic N) is 2. The summed E-state index contributed by atoms with van der Waals surface area (Å²) >= 11 is 0. The molecular formula is C18H32N4O3. The molecule has 1 aromatic rings. The van der Waals surface area contributed by atoms with Crippen LogP contribution in [0.15, 0.2) is 0 Å². The molecule has 0 unspecified atom stereocenters. The van der Waals surface area contributed by atoms with Crippen molar-refractivity contribution in [3.8, 4) is 0 Å². The van der Waals surface area contributed by atoms with Gasteiger partial charge in [-0.3, -0.25) is 20.0 Å². The van der Waals surface area contributed by atoms with E-state index in [1.807, 2.05) is 0 Å². The third kappa shape index (κ3) is 7.67. The Bertz CT molecular complexity index is 528. The van der Waals surface area contributed by atoms with Crippen molar-refractivity contribution in [2.24, 2.45) is 0 Å². The minimum Gasteiger partial charge on any atom is -0.350 e. The Morgan fingerprint density at radius 1 is 1.04 bits per heavy atom. The van der Waals surface area contributed by atoms with Crippen LogP contribution in [0, 0.1) is 10.1 Å². The molecule has 0 fully saturated rings. The molecule has 25 heavy (non-hydrogen) atoms. The lowest BCUT2D eigenvalue weighted by molar-refractivity contribution is -0.385. The van der Waals surface area contributed by atoms with Gasteiger partial charge in [0.05, 0.1) is 4.92 Å². The second-order valence-electron chi connectivity index (χ2n) is 6.45. The molecule has 0 spiro atoms. The highest BCUT2D eigenvalue weighted by Gasteiger charge is 2.27. The molecule has 0 aliphatic rings. The lowest BCUT2D eigenvalue weighted by atomic mass is 10.1.